The van der Waals surface area contributed by atoms with Gasteiger partial charge in [0.05, 0.1) is 13.2 Å². The van der Waals surface area contributed by atoms with Gasteiger partial charge in [-0.25, -0.2) is 0 Å². The first-order valence-electron chi connectivity index (χ1n) is 9.55. The highest BCUT2D eigenvalue weighted by atomic mass is 16.5. The molecule has 0 aliphatic heterocycles. The van der Waals surface area contributed by atoms with Crippen molar-refractivity contribution in [2.45, 2.75) is 38.9 Å². The molecule has 0 aliphatic carbocycles. The van der Waals surface area contributed by atoms with E-state index in [9.17, 15) is 5.11 Å². The van der Waals surface area contributed by atoms with Gasteiger partial charge in [0.1, 0.15) is 17.6 Å². The molecule has 1 heterocycles. The Hall–Kier alpha value is -2.85. The maximum absolute atomic E-state index is 10.4. The van der Waals surface area contributed by atoms with Gasteiger partial charge in [0.25, 0.3) is 0 Å². The summed E-state index contributed by atoms with van der Waals surface area (Å²) in [5.41, 5.74) is 4.56. The zero-order chi connectivity index (χ0) is 19.9. The number of rotatable bonds is 8. The van der Waals surface area contributed by atoms with Crippen molar-refractivity contribution in [3.63, 3.8) is 0 Å². The van der Waals surface area contributed by atoms with Crippen molar-refractivity contribution in [2.75, 3.05) is 7.11 Å². The van der Waals surface area contributed by atoms with Gasteiger partial charge in [-0.15, -0.1) is 0 Å². The quantitative estimate of drug-likeness (QED) is 0.611. The van der Waals surface area contributed by atoms with Crippen LogP contribution in [0.15, 0.2) is 67.0 Å². The van der Waals surface area contributed by atoms with Crippen LogP contribution in [-0.4, -0.2) is 29.4 Å². The SMILES string of the molecule is COc1ccc(-c2ccc(O[C@@H](C)C(O)CCc3cccnc3)cc2)c(C)c1. The zero-order valence-corrected chi connectivity index (χ0v) is 16.6. The molecule has 0 amide bonds. The normalized spacial score (nSPS) is 13.0. The third-order valence-electron chi connectivity index (χ3n) is 4.91. The summed E-state index contributed by atoms with van der Waals surface area (Å²) in [4.78, 5) is 4.10. The number of aryl methyl sites for hydroxylation is 2. The minimum atomic E-state index is -0.538. The first-order chi connectivity index (χ1) is 13.6. The minimum Gasteiger partial charge on any atom is -0.497 e. The molecule has 2 atom stereocenters. The smallest absolute Gasteiger partial charge is 0.122 e. The van der Waals surface area contributed by atoms with Crippen LogP contribution in [-0.2, 0) is 6.42 Å². The first-order valence-corrected chi connectivity index (χ1v) is 9.55. The van der Waals surface area contributed by atoms with Crippen LogP contribution in [0.1, 0.15) is 24.5 Å². The summed E-state index contributed by atoms with van der Waals surface area (Å²) in [7, 11) is 1.67. The maximum Gasteiger partial charge on any atom is 0.122 e. The Labute approximate surface area is 166 Å². The van der Waals surface area contributed by atoms with Crippen LogP contribution in [0, 0.1) is 6.92 Å². The summed E-state index contributed by atoms with van der Waals surface area (Å²) >= 11 is 0. The van der Waals surface area contributed by atoms with Crippen LogP contribution in [0.4, 0.5) is 0 Å². The number of methoxy groups -OCH3 is 1. The van der Waals surface area contributed by atoms with E-state index in [4.69, 9.17) is 9.47 Å². The van der Waals surface area contributed by atoms with Crippen molar-refractivity contribution in [3.05, 3.63) is 78.1 Å². The van der Waals surface area contributed by atoms with Crippen molar-refractivity contribution in [2.24, 2.45) is 0 Å². The van der Waals surface area contributed by atoms with Crippen LogP contribution in [0.2, 0.25) is 0 Å². The van der Waals surface area contributed by atoms with Crippen molar-refractivity contribution in [1.82, 2.24) is 4.98 Å². The Kier molecular flexibility index (Phi) is 6.66. The molecule has 0 aliphatic rings. The minimum absolute atomic E-state index is 0.287. The summed E-state index contributed by atoms with van der Waals surface area (Å²) in [6.45, 7) is 3.97. The molecule has 1 N–H and O–H groups in total. The van der Waals surface area contributed by atoms with Crippen LogP contribution < -0.4 is 9.47 Å². The molecule has 0 fully saturated rings. The van der Waals surface area contributed by atoms with Gasteiger partial charge in [-0.2, -0.15) is 0 Å². The molecule has 0 saturated heterocycles. The fourth-order valence-corrected chi connectivity index (χ4v) is 3.19. The fourth-order valence-electron chi connectivity index (χ4n) is 3.19. The summed E-state index contributed by atoms with van der Waals surface area (Å²) in [5, 5.41) is 10.4. The highest BCUT2D eigenvalue weighted by Gasteiger charge is 2.16. The second-order valence-corrected chi connectivity index (χ2v) is 7.00. The summed E-state index contributed by atoms with van der Waals surface area (Å²) < 4.78 is 11.2. The molecule has 0 saturated carbocycles. The van der Waals surface area contributed by atoms with Gasteiger partial charge in [-0.1, -0.05) is 24.3 Å². The Bertz CT molecular complexity index is 878. The molecule has 0 spiro atoms. The van der Waals surface area contributed by atoms with Crippen molar-refractivity contribution >= 4 is 0 Å². The highest BCUT2D eigenvalue weighted by molar-refractivity contribution is 5.68. The van der Waals surface area contributed by atoms with Crippen molar-refractivity contribution in [1.29, 1.82) is 0 Å². The van der Waals surface area contributed by atoms with Gasteiger partial charge < -0.3 is 14.6 Å². The van der Waals surface area contributed by atoms with Gasteiger partial charge in [-0.05, 0) is 79.3 Å². The predicted octanol–water partition coefficient (Wildman–Crippen LogP) is 4.83. The number of pyridine rings is 1. The lowest BCUT2D eigenvalue weighted by Gasteiger charge is -2.21. The van der Waals surface area contributed by atoms with Gasteiger partial charge in [0.15, 0.2) is 0 Å². The molecule has 28 heavy (non-hydrogen) atoms. The zero-order valence-electron chi connectivity index (χ0n) is 16.6. The fraction of sp³-hybridized carbons (Fsp3) is 0.292. The number of benzene rings is 2. The summed E-state index contributed by atoms with van der Waals surface area (Å²) in [6, 6.07) is 18.0. The number of ether oxygens (including phenoxy) is 2. The molecule has 4 heteroatoms. The van der Waals surface area contributed by atoms with Crippen LogP contribution in [0.3, 0.4) is 0 Å². The molecular weight excluding hydrogens is 350 g/mol. The summed E-state index contributed by atoms with van der Waals surface area (Å²) in [6.07, 6.45) is 4.17. The molecule has 2 aromatic carbocycles. The number of aliphatic hydroxyl groups is 1. The highest BCUT2D eigenvalue weighted by Crippen LogP contribution is 2.28. The van der Waals surface area contributed by atoms with E-state index in [1.54, 1.807) is 13.3 Å². The lowest BCUT2D eigenvalue weighted by atomic mass is 10.0. The monoisotopic (exact) mass is 377 g/mol. The molecule has 1 unspecified atom stereocenters. The Morgan fingerprint density at radius 1 is 1.04 bits per heavy atom. The molecule has 4 nitrogen and oxygen atoms in total. The molecule has 0 radical (unpaired) electrons. The summed E-state index contributed by atoms with van der Waals surface area (Å²) in [5.74, 6) is 1.61. The van der Waals surface area contributed by atoms with Gasteiger partial charge >= 0.3 is 0 Å². The van der Waals surface area contributed by atoms with E-state index in [1.807, 2.05) is 61.7 Å². The number of nitrogens with zero attached hydrogens (tertiary/aromatic N) is 1. The maximum atomic E-state index is 10.4. The van der Waals surface area contributed by atoms with E-state index in [1.165, 1.54) is 0 Å². The number of hydrogen-bond donors (Lipinski definition) is 1. The van der Waals surface area contributed by atoms with Gasteiger partial charge in [0, 0.05) is 12.4 Å². The van der Waals surface area contributed by atoms with E-state index in [0.29, 0.717) is 6.42 Å². The van der Waals surface area contributed by atoms with E-state index < -0.39 is 6.10 Å². The third-order valence-corrected chi connectivity index (χ3v) is 4.91. The van der Waals surface area contributed by atoms with Gasteiger partial charge in [0.2, 0.25) is 0 Å². The molecule has 0 bridgehead atoms. The van der Waals surface area contributed by atoms with Crippen LogP contribution in [0.5, 0.6) is 11.5 Å². The Balaban J connectivity index is 1.59. The lowest BCUT2D eigenvalue weighted by Crippen LogP contribution is -2.29. The number of aliphatic hydroxyl groups excluding tert-OH is 1. The number of aromatic nitrogens is 1. The molecule has 146 valence electrons. The topological polar surface area (TPSA) is 51.6 Å². The molecule has 1 aromatic heterocycles. The van der Waals surface area contributed by atoms with E-state index in [0.717, 1.165) is 40.2 Å². The molecular formula is C24H27NO3. The lowest BCUT2D eigenvalue weighted by molar-refractivity contribution is 0.0420. The van der Waals surface area contributed by atoms with E-state index in [2.05, 4.69) is 18.0 Å². The second kappa shape index (κ2) is 9.38. The Morgan fingerprint density at radius 2 is 1.79 bits per heavy atom. The van der Waals surface area contributed by atoms with E-state index >= 15 is 0 Å². The molecule has 3 aromatic rings. The largest absolute Gasteiger partial charge is 0.497 e. The first kappa shape index (κ1) is 19.9. The predicted molar refractivity (Wildman–Crippen MR) is 112 cm³/mol. The van der Waals surface area contributed by atoms with Gasteiger partial charge in [-0.3, -0.25) is 4.98 Å². The van der Waals surface area contributed by atoms with Crippen molar-refractivity contribution in [3.8, 4) is 22.6 Å². The average Bonchev–Trinajstić information content (AvgIpc) is 2.73. The molecule has 3 rings (SSSR count). The number of hydrogen-bond acceptors (Lipinski definition) is 4. The van der Waals surface area contributed by atoms with Crippen LogP contribution >= 0.6 is 0 Å². The standard InChI is InChI=1S/C24H27NO3/c1-17-15-22(27-3)11-12-23(17)20-7-9-21(10-8-20)28-18(2)24(26)13-6-19-5-4-14-25-16-19/h4-5,7-12,14-16,18,24,26H,6,13H2,1-3H3/t18-,24?/m0/s1. The van der Waals surface area contributed by atoms with E-state index in [-0.39, 0.29) is 6.10 Å². The second-order valence-electron chi connectivity index (χ2n) is 7.00. The Morgan fingerprint density at radius 3 is 2.43 bits per heavy atom. The average molecular weight is 377 g/mol. The third kappa shape index (κ3) is 5.11. The van der Waals surface area contributed by atoms with Crippen molar-refractivity contribution < 1.29 is 14.6 Å². The van der Waals surface area contributed by atoms with Crippen LogP contribution in [0.25, 0.3) is 11.1 Å².